The largest absolute Gasteiger partial charge is 0.374 e. The van der Waals surface area contributed by atoms with Crippen LogP contribution < -0.4 is 5.32 Å². The lowest BCUT2D eigenvalue weighted by atomic mass is 10.1. The smallest absolute Gasteiger partial charge is 0.0731 e. The van der Waals surface area contributed by atoms with Crippen LogP contribution in [0.15, 0.2) is 22.7 Å². The average molecular weight is 328 g/mol. The van der Waals surface area contributed by atoms with Crippen LogP contribution in [0.4, 0.5) is 0 Å². The van der Waals surface area contributed by atoms with Crippen molar-refractivity contribution in [1.29, 1.82) is 0 Å². The molecule has 0 fully saturated rings. The molecule has 1 aromatic rings. The van der Waals surface area contributed by atoms with E-state index in [4.69, 9.17) is 4.74 Å². The van der Waals surface area contributed by atoms with E-state index in [9.17, 15) is 0 Å². The highest BCUT2D eigenvalue weighted by atomic mass is 79.9. The standard InChI is InChI=1S/C16H26BrNO/c1-6-12(2)19-11-14-8-7-13(9-15(14)17)10-18-16(3,4)5/h7-9,12,18H,6,10-11H2,1-5H3. The molecular weight excluding hydrogens is 302 g/mol. The second-order valence-electron chi connectivity index (χ2n) is 6.06. The van der Waals surface area contributed by atoms with Crippen LogP contribution in [0.3, 0.4) is 0 Å². The molecule has 1 unspecified atom stereocenters. The summed E-state index contributed by atoms with van der Waals surface area (Å²) in [5.41, 5.74) is 2.64. The molecule has 0 amide bonds. The summed E-state index contributed by atoms with van der Waals surface area (Å²) in [6.07, 6.45) is 1.36. The highest BCUT2D eigenvalue weighted by molar-refractivity contribution is 9.10. The van der Waals surface area contributed by atoms with Crippen LogP contribution in [0.1, 0.15) is 52.2 Å². The van der Waals surface area contributed by atoms with Gasteiger partial charge in [-0.1, -0.05) is 35.0 Å². The number of hydrogen-bond donors (Lipinski definition) is 1. The lowest BCUT2D eigenvalue weighted by Gasteiger charge is -2.21. The molecule has 0 radical (unpaired) electrons. The van der Waals surface area contributed by atoms with E-state index < -0.39 is 0 Å². The molecular formula is C16H26BrNO. The molecule has 1 rings (SSSR count). The quantitative estimate of drug-likeness (QED) is 0.820. The molecule has 1 N–H and O–H groups in total. The SMILES string of the molecule is CCC(C)OCc1ccc(CNC(C)(C)C)cc1Br. The van der Waals surface area contributed by atoms with Gasteiger partial charge in [0.2, 0.25) is 0 Å². The van der Waals surface area contributed by atoms with Crippen molar-refractivity contribution in [3.63, 3.8) is 0 Å². The number of nitrogens with one attached hydrogen (secondary N) is 1. The van der Waals surface area contributed by atoms with Crippen molar-refractivity contribution in [1.82, 2.24) is 5.32 Å². The molecule has 1 aromatic carbocycles. The number of hydrogen-bond acceptors (Lipinski definition) is 2. The summed E-state index contributed by atoms with van der Waals surface area (Å²) < 4.78 is 6.90. The predicted molar refractivity (Wildman–Crippen MR) is 85.3 cm³/mol. The Morgan fingerprint density at radius 1 is 1.32 bits per heavy atom. The number of halogens is 1. The van der Waals surface area contributed by atoms with Crippen molar-refractivity contribution >= 4 is 15.9 Å². The van der Waals surface area contributed by atoms with Crippen LogP contribution in [0, 0.1) is 0 Å². The normalized spacial score (nSPS) is 13.6. The fourth-order valence-electron chi connectivity index (χ4n) is 1.53. The van der Waals surface area contributed by atoms with Crippen LogP contribution in [0.25, 0.3) is 0 Å². The van der Waals surface area contributed by atoms with Gasteiger partial charge in [0.15, 0.2) is 0 Å². The Bertz CT molecular complexity index is 398. The summed E-state index contributed by atoms with van der Waals surface area (Å²) in [6, 6.07) is 6.49. The van der Waals surface area contributed by atoms with Crippen LogP contribution in [-0.2, 0) is 17.9 Å². The van der Waals surface area contributed by atoms with E-state index in [1.54, 1.807) is 0 Å². The van der Waals surface area contributed by atoms with E-state index in [0.717, 1.165) is 17.4 Å². The Kier molecular flexibility index (Phi) is 6.51. The fourth-order valence-corrected chi connectivity index (χ4v) is 2.08. The molecule has 0 bridgehead atoms. The fraction of sp³-hybridized carbons (Fsp3) is 0.625. The number of ether oxygens (including phenoxy) is 1. The highest BCUT2D eigenvalue weighted by Gasteiger charge is 2.09. The van der Waals surface area contributed by atoms with Gasteiger partial charge in [-0.3, -0.25) is 0 Å². The zero-order valence-electron chi connectivity index (χ0n) is 12.7. The molecule has 0 saturated carbocycles. The van der Waals surface area contributed by atoms with Gasteiger partial charge in [-0.2, -0.15) is 0 Å². The summed E-state index contributed by atoms with van der Waals surface area (Å²) >= 11 is 3.63. The molecule has 0 saturated heterocycles. The molecule has 0 aliphatic heterocycles. The van der Waals surface area contributed by atoms with Crippen molar-refractivity contribution in [3.8, 4) is 0 Å². The lowest BCUT2D eigenvalue weighted by Crippen LogP contribution is -2.35. The maximum Gasteiger partial charge on any atom is 0.0731 e. The van der Waals surface area contributed by atoms with Gasteiger partial charge in [0.25, 0.3) is 0 Å². The van der Waals surface area contributed by atoms with E-state index in [2.05, 4.69) is 74.1 Å². The molecule has 0 spiro atoms. The first-order chi connectivity index (χ1) is 8.81. The number of rotatable bonds is 6. The third-order valence-corrected chi connectivity index (χ3v) is 3.78. The number of benzene rings is 1. The van der Waals surface area contributed by atoms with E-state index >= 15 is 0 Å². The van der Waals surface area contributed by atoms with Crippen molar-refractivity contribution in [2.45, 2.75) is 65.8 Å². The van der Waals surface area contributed by atoms with E-state index in [0.29, 0.717) is 12.7 Å². The van der Waals surface area contributed by atoms with E-state index in [-0.39, 0.29) is 5.54 Å². The van der Waals surface area contributed by atoms with Gasteiger partial charge >= 0.3 is 0 Å². The lowest BCUT2D eigenvalue weighted by molar-refractivity contribution is 0.0505. The summed E-state index contributed by atoms with van der Waals surface area (Å²) in [5.74, 6) is 0. The Morgan fingerprint density at radius 3 is 2.53 bits per heavy atom. The first-order valence-electron chi connectivity index (χ1n) is 6.95. The summed E-state index contributed by atoms with van der Waals surface area (Å²) in [4.78, 5) is 0. The minimum Gasteiger partial charge on any atom is -0.374 e. The highest BCUT2D eigenvalue weighted by Crippen LogP contribution is 2.20. The second kappa shape index (κ2) is 7.41. The van der Waals surface area contributed by atoms with Gasteiger partial charge in [0, 0.05) is 16.6 Å². The Labute approximate surface area is 126 Å². The van der Waals surface area contributed by atoms with Crippen molar-refractivity contribution in [2.24, 2.45) is 0 Å². The second-order valence-corrected chi connectivity index (χ2v) is 6.91. The van der Waals surface area contributed by atoms with Crippen molar-refractivity contribution in [3.05, 3.63) is 33.8 Å². The molecule has 3 heteroatoms. The average Bonchev–Trinajstić information content (AvgIpc) is 2.34. The third-order valence-electron chi connectivity index (χ3n) is 3.04. The molecule has 2 nitrogen and oxygen atoms in total. The van der Waals surface area contributed by atoms with Gasteiger partial charge in [0.1, 0.15) is 0 Å². The molecule has 0 aliphatic carbocycles. The zero-order chi connectivity index (χ0) is 14.5. The minimum atomic E-state index is 0.144. The van der Waals surface area contributed by atoms with Crippen molar-refractivity contribution in [2.75, 3.05) is 0 Å². The topological polar surface area (TPSA) is 21.3 Å². The first-order valence-corrected chi connectivity index (χ1v) is 7.75. The molecule has 108 valence electrons. The minimum absolute atomic E-state index is 0.144. The van der Waals surface area contributed by atoms with Gasteiger partial charge in [0.05, 0.1) is 12.7 Å². The van der Waals surface area contributed by atoms with Crippen LogP contribution in [0.2, 0.25) is 0 Å². The third kappa shape index (κ3) is 6.55. The van der Waals surface area contributed by atoms with Crippen LogP contribution in [0.5, 0.6) is 0 Å². The Morgan fingerprint density at radius 2 is 2.00 bits per heavy atom. The molecule has 1 atom stereocenters. The first kappa shape index (κ1) is 16.7. The summed E-state index contributed by atoms with van der Waals surface area (Å²) in [6.45, 7) is 12.3. The molecule has 19 heavy (non-hydrogen) atoms. The Hall–Kier alpha value is -0.380. The maximum absolute atomic E-state index is 5.77. The summed E-state index contributed by atoms with van der Waals surface area (Å²) in [7, 11) is 0. The zero-order valence-corrected chi connectivity index (χ0v) is 14.3. The molecule has 0 heterocycles. The molecule has 0 aromatic heterocycles. The Balaban J connectivity index is 2.59. The van der Waals surface area contributed by atoms with Crippen molar-refractivity contribution < 1.29 is 4.74 Å². The maximum atomic E-state index is 5.77. The van der Waals surface area contributed by atoms with E-state index in [1.807, 2.05) is 0 Å². The summed E-state index contributed by atoms with van der Waals surface area (Å²) in [5, 5.41) is 3.49. The van der Waals surface area contributed by atoms with Gasteiger partial charge in [-0.25, -0.2) is 0 Å². The van der Waals surface area contributed by atoms with E-state index in [1.165, 1.54) is 11.1 Å². The monoisotopic (exact) mass is 327 g/mol. The van der Waals surface area contributed by atoms with Crippen LogP contribution in [-0.4, -0.2) is 11.6 Å². The molecule has 0 aliphatic rings. The van der Waals surface area contributed by atoms with Gasteiger partial charge in [-0.15, -0.1) is 0 Å². The van der Waals surface area contributed by atoms with Crippen LogP contribution >= 0.6 is 15.9 Å². The van der Waals surface area contributed by atoms with Gasteiger partial charge in [-0.05, 0) is 51.3 Å². The predicted octanol–water partition coefficient (Wildman–Crippen LogP) is 4.65. The van der Waals surface area contributed by atoms with Gasteiger partial charge < -0.3 is 10.1 Å².